The van der Waals surface area contributed by atoms with Crippen molar-refractivity contribution in [3.63, 3.8) is 0 Å². The van der Waals surface area contributed by atoms with E-state index in [1.165, 1.54) is 0 Å². The zero-order chi connectivity index (χ0) is 9.14. The molecule has 2 aliphatic rings. The molecule has 4 heteroatoms. The molecule has 12 heavy (non-hydrogen) atoms. The molecule has 0 aromatic heterocycles. The van der Waals surface area contributed by atoms with Gasteiger partial charge in [0.1, 0.15) is 12.2 Å². The number of aliphatic hydroxyl groups is 2. The highest BCUT2D eigenvalue weighted by atomic mass is 16.6. The van der Waals surface area contributed by atoms with Gasteiger partial charge in [-0.1, -0.05) is 0 Å². The number of aliphatic hydroxyl groups excluding tert-OH is 2. The minimum absolute atomic E-state index is 0.102. The predicted molar refractivity (Wildman–Crippen MR) is 42.8 cm³/mol. The molecule has 4 atom stereocenters. The molecule has 0 bridgehead atoms. The Labute approximate surface area is 72.1 Å². The van der Waals surface area contributed by atoms with E-state index < -0.39 is 12.2 Å². The molecule has 2 saturated heterocycles. The van der Waals surface area contributed by atoms with Crippen molar-refractivity contribution in [2.75, 3.05) is 13.2 Å². The summed E-state index contributed by atoms with van der Waals surface area (Å²) in [6, 6.07) is 0. The van der Waals surface area contributed by atoms with Crippen molar-refractivity contribution >= 4 is 0 Å². The van der Waals surface area contributed by atoms with Gasteiger partial charge in [0.25, 0.3) is 0 Å². The number of ether oxygens (including phenoxy) is 2. The van der Waals surface area contributed by atoms with Crippen molar-refractivity contribution in [2.24, 2.45) is 0 Å². The summed E-state index contributed by atoms with van der Waals surface area (Å²) in [6.45, 7) is 5.18. The van der Waals surface area contributed by atoms with E-state index in [1.807, 2.05) is 0 Å². The topological polar surface area (TPSA) is 65.5 Å². The first kappa shape index (κ1) is 9.92. The van der Waals surface area contributed by atoms with Crippen molar-refractivity contribution in [2.45, 2.75) is 38.3 Å². The molecule has 0 aromatic rings. The molecule has 4 nitrogen and oxygen atoms in total. The fourth-order valence-electron chi connectivity index (χ4n) is 0.660. The van der Waals surface area contributed by atoms with E-state index in [1.54, 1.807) is 6.92 Å². The Hall–Kier alpha value is -0.160. The average Bonchev–Trinajstić information content (AvgIpc) is 2.78. The van der Waals surface area contributed by atoms with Crippen LogP contribution in [-0.2, 0) is 9.47 Å². The van der Waals surface area contributed by atoms with Crippen LogP contribution in [0.4, 0.5) is 0 Å². The van der Waals surface area contributed by atoms with E-state index in [2.05, 4.69) is 6.92 Å². The Kier molecular flexibility index (Phi) is 3.46. The van der Waals surface area contributed by atoms with Crippen LogP contribution >= 0.6 is 0 Å². The molecule has 0 amide bonds. The Morgan fingerprint density at radius 2 is 1.67 bits per heavy atom. The van der Waals surface area contributed by atoms with E-state index in [-0.39, 0.29) is 6.10 Å². The highest BCUT2D eigenvalue weighted by Crippen LogP contribution is 2.15. The Morgan fingerprint density at radius 3 is 1.75 bits per heavy atom. The van der Waals surface area contributed by atoms with Crippen molar-refractivity contribution in [3.8, 4) is 0 Å². The molecule has 0 aromatic carbocycles. The zero-order valence-corrected chi connectivity index (χ0v) is 7.43. The lowest BCUT2D eigenvalue weighted by molar-refractivity contribution is 0.0137. The third kappa shape index (κ3) is 4.01. The molecule has 0 spiro atoms. The van der Waals surface area contributed by atoms with E-state index in [4.69, 9.17) is 19.7 Å². The SMILES string of the molecule is CC(O)C(O)C1CO1.CC1CO1. The first-order valence-corrected chi connectivity index (χ1v) is 4.20. The minimum atomic E-state index is -0.685. The van der Waals surface area contributed by atoms with Gasteiger partial charge >= 0.3 is 0 Å². The third-order valence-electron chi connectivity index (χ3n) is 1.73. The second-order valence-electron chi connectivity index (χ2n) is 3.25. The van der Waals surface area contributed by atoms with E-state index in [0.717, 1.165) is 6.61 Å². The summed E-state index contributed by atoms with van der Waals surface area (Å²) in [6.07, 6.45) is -0.868. The van der Waals surface area contributed by atoms with Crippen LogP contribution in [0.2, 0.25) is 0 Å². The zero-order valence-electron chi connectivity index (χ0n) is 7.43. The maximum absolute atomic E-state index is 8.89. The molecule has 4 unspecified atom stereocenters. The molecule has 0 radical (unpaired) electrons. The van der Waals surface area contributed by atoms with Gasteiger partial charge < -0.3 is 19.7 Å². The molecule has 2 rings (SSSR count). The Morgan fingerprint density at radius 1 is 1.25 bits per heavy atom. The normalized spacial score (nSPS) is 36.0. The first-order chi connectivity index (χ1) is 5.61. The van der Waals surface area contributed by atoms with Crippen molar-refractivity contribution in [3.05, 3.63) is 0 Å². The molecular weight excluding hydrogens is 160 g/mol. The van der Waals surface area contributed by atoms with Crippen LogP contribution < -0.4 is 0 Å². The summed E-state index contributed by atoms with van der Waals surface area (Å²) < 4.78 is 9.43. The molecular formula is C8H16O4. The first-order valence-electron chi connectivity index (χ1n) is 4.20. The molecule has 2 aliphatic heterocycles. The standard InChI is InChI=1S/C5H10O3.C3H6O/c1-3(6)5(7)4-2-8-4;1-3-2-4-3/h3-7H,2H2,1H3;3H,2H2,1H3. The summed E-state index contributed by atoms with van der Waals surface area (Å²) in [5.41, 5.74) is 0. The van der Waals surface area contributed by atoms with E-state index in [0.29, 0.717) is 12.7 Å². The van der Waals surface area contributed by atoms with Gasteiger partial charge in [-0.15, -0.1) is 0 Å². The van der Waals surface area contributed by atoms with Crippen LogP contribution in [0.1, 0.15) is 13.8 Å². The minimum Gasteiger partial charge on any atom is -0.391 e. The summed E-state index contributed by atoms with van der Waals surface area (Å²) in [7, 11) is 0. The summed E-state index contributed by atoms with van der Waals surface area (Å²) in [5.74, 6) is 0. The Balaban J connectivity index is 0.000000150. The summed E-state index contributed by atoms with van der Waals surface area (Å²) in [5, 5.41) is 17.6. The van der Waals surface area contributed by atoms with Crippen LogP contribution in [-0.4, -0.2) is 47.8 Å². The monoisotopic (exact) mass is 176 g/mol. The van der Waals surface area contributed by atoms with Gasteiger partial charge in [-0.05, 0) is 13.8 Å². The van der Waals surface area contributed by atoms with E-state index >= 15 is 0 Å². The number of epoxide rings is 2. The second-order valence-corrected chi connectivity index (χ2v) is 3.25. The number of rotatable bonds is 2. The van der Waals surface area contributed by atoms with E-state index in [9.17, 15) is 0 Å². The van der Waals surface area contributed by atoms with Crippen molar-refractivity contribution < 1.29 is 19.7 Å². The van der Waals surface area contributed by atoms with Gasteiger partial charge in [0.15, 0.2) is 0 Å². The van der Waals surface area contributed by atoms with Crippen LogP contribution in [0.25, 0.3) is 0 Å². The number of hydrogen-bond donors (Lipinski definition) is 2. The quantitative estimate of drug-likeness (QED) is 0.558. The van der Waals surface area contributed by atoms with Gasteiger partial charge in [0.05, 0.1) is 25.4 Å². The van der Waals surface area contributed by atoms with Gasteiger partial charge in [-0.3, -0.25) is 0 Å². The maximum Gasteiger partial charge on any atom is 0.109 e. The summed E-state index contributed by atoms with van der Waals surface area (Å²) >= 11 is 0. The van der Waals surface area contributed by atoms with Gasteiger partial charge in [-0.2, -0.15) is 0 Å². The lowest BCUT2D eigenvalue weighted by atomic mass is 10.2. The molecule has 2 fully saturated rings. The fourth-order valence-corrected chi connectivity index (χ4v) is 0.660. The van der Waals surface area contributed by atoms with Crippen molar-refractivity contribution in [1.82, 2.24) is 0 Å². The highest BCUT2D eigenvalue weighted by molar-refractivity contribution is 4.81. The fraction of sp³-hybridized carbons (Fsp3) is 1.00. The predicted octanol–water partition coefficient (Wildman–Crippen LogP) is -0.468. The van der Waals surface area contributed by atoms with Crippen LogP contribution in [0.3, 0.4) is 0 Å². The van der Waals surface area contributed by atoms with Gasteiger partial charge in [0.2, 0.25) is 0 Å². The maximum atomic E-state index is 8.89. The largest absolute Gasteiger partial charge is 0.391 e. The van der Waals surface area contributed by atoms with Crippen LogP contribution in [0.15, 0.2) is 0 Å². The van der Waals surface area contributed by atoms with Gasteiger partial charge in [0, 0.05) is 0 Å². The molecule has 2 heterocycles. The third-order valence-corrected chi connectivity index (χ3v) is 1.73. The second kappa shape index (κ2) is 4.18. The van der Waals surface area contributed by atoms with Gasteiger partial charge in [-0.25, -0.2) is 0 Å². The lowest BCUT2D eigenvalue weighted by Crippen LogP contribution is -2.27. The molecule has 2 N–H and O–H groups in total. The average molecular weight is 176 g/mol. The highest BCUT2D eigenvalue weighted by Gasteiger charge is 2.33. The smallest absolute Gasteiger partial charge is 0.109 e. The molecule has 0 saturated carbocycles. The van der Waals surface area contributed by atoms with Crippen molar-refractivity contribution in [1.29, 1.82) is 0 Å². The molecule has 0 aliphatic carbocycles. The molecule has 72 valence electrons. The number of hydrogen-bond acceptors (Lipinski definition) is 4. The Bertz CT molecular complexity index is 127. The lowest BCUT2D eigenvalue weighted by Gasteiger charge is -2.08. The van der Waals surface area contributed by atoms with Crippen LogP contribution in [0.5, 0.6) is 0 Å². The summed E-state index contributed by atoms with van der Waals surface area (Å²) in [4.78, 5) is 0. The van der Waals surface area contributed by atoms with Crippen LogP contribution in [0, 0.1) is 0 Å².